The number of nitrogens with zero attached hydrogens (tertiary/aromatic N) is 1. The molecule has 0 spiro atoms. The fourth-order valence-electron chi connectivity index (χ4n) is 2.33. The standard InChI is InChI=1S/C15H24BNO4/c1-8-19-13(18)12-9-11(10(2)17(12)7)16-20-14(3,4)15(5,6)21-16/h9H,8H2,1-7H3. The van der Waals surface area contributed by atoms with E-state index in [0.717, 1.165) is 11.2 Å². The highest BCUT2D eigenvalue weighted by Crippen LogP contribution is 2.36. The van der Waals surface area contributed by atoms with Crippen LogP contribution in [0.25, 0.3) is 0 Å². The summed E-state index contributed by atoms with van der Waals surface area (Å²) in [5, 5.41) is 0. The first-order valence-electron chi connectivity index (χ1n) is 7.29. The van der Waals surface area contributed by atoms with Crippen molar-refractivity contribution >= 4 is 18.6 Å². The third kappa shape index (κ3) is 2.62. The second kappa shape index (κ2) is 5.18. The molecule has 116 valence electrons. The maximum atomic E-state index is 12.0. The largest absolute Gasteiger partial charge is 0.496 e. The van der Waals surface area contributed by atoms with Crippen molar-refractivity contribution in [2.75, 3.05) is 6.61 Å². The monoisotopic (exact) mass is 293 g/mol. The van der Waals surface area contributed by atoms with E-state index in [9.17, 15) is 4.79 Å². The Morgan fingerprint density at radius 3 is 2.29 bits per heavy atom. The van der Waals surface area contributed by atoms with E-state index in [0.29, 0.717) is 12.3 Å². The lowest BCUT2D eigenvalue weighted by Crippen LogP contribution is -2.41. The maximum Gasteiger partial charge on any atom is 0.496 e. The molecule has 1 aliphatic rings. The van der Waals surface area contributed by atoms with Crippen LogP contribution in [0.2, 0.25) is 0 Å². The molecule has 2 heterocycles. The quantitative estimate of drug-likeness (QED) is 0.630. The molecule has 1 saturated heterocycles. The molecular weight excluding hydrogens is 269 g/mol. The maximum absolute atomic E-state index is 12.0. The zero-order chi connectivity index (χ0) is 16.0. The van der Waals surface area contributed by atoms with Gasteiger partial charge in [0.1, 0.15) is 5.69 Å². The van der Waals surface area contributed by atoms with E-state index < -0.39 is 18.3 Å². The molecule has 1 aromatic heterocycles. The van der Waals surface area contributed by atoms with Gasteiger partial charge in [0.2, 0.25) is 0 Å². The lowest BCUT2D eigenvalue weighted by molar-refractivity contribution is 0.00578. The van der Waals surface area contributed by atoms with Crippen LogP contribution in [0.4, 0.5) is 0 Å². The van der Waals surface area contributed by atoms with Crippen molar-refractivity contribution in [3.05, 3.63) is 17.5 Å². The highest BCUT2D eigenvalue weighted by molar-refractivity contribution is 6.62. The average Bonchev–Trinajstić information content (AvgIpc) is 2.76. The normalized spacial score (nSPS) is 19.9. The van der Waals surface area contributed by atoms with E-state index in [2.05, 4.69) is 0 Å². The second-order valence-corrected chi connectivity index (χ2v) is 6.44. The van der Waals surface area contributed by atoms with E-state index in [1.54, 1.807) is 13.0 Å². The molecule has 1 aliphatic heterocycles. The molecule has 2 rings (SSSR count). The molecule has 21 heavy (non-hydrogen) atoms. The van der Waals surface area contributed by atoms with Gasteiger partial charge in [-0.2, -0.15) is 0 Å². The number of esters is 1. The molecule has 0 radical (unpaired) electrons. The Morgan fingerprint density at radius 1 is 1.29 bits per heavy atom. The predicted octanol–water partition coefficient (Wildman–Crippen LogP) is 1.81. The average molecular weight is 293 g/mol. The Kier molecular flexibility index (Phi) is 3.97. The van der Waals surface area contributed by atoms with Crippen LogP contribution < -0.4 is 5.46 Å². The molecule has 1 aromatic rings. The molecule has 0 amide bonds. The summed E-state index contributed by atoms with van der Waals surface area (Å²) < 4.78 is 19.0. The van der Waals surface area contributed by atoms with Crippen LogP contribution in [-0.4, -0.2) is 35.5 Å². The lowest BCUT2D eigenvalue weighted by atomic mass is 9.79. The number of hydrogen-bond acceptors (Lipinski definition) is 4. The zero-order valence-corrected chi connectivity index (χ0v) is 13.9. The molecule has 0 aromatic carbocycles. The smallest absolute Gasteiger partial charge is 0.461 e. The van der Waals surface area contributed by atoms with Gasteiger partial charge in [-0.05, 0) is 47.6 Å². The summed E-state index contributed by atoms with van der Waals surface area (Å²) in [5.74, 6) is -0.328. The number of ether oxygens (including phenoxy) is 1. The molecule has 0 aliphatic carbocycles. The van der Waals surface area contributed by atoms with Crippen LogP contribution >= 0.6 is 0 Å². The van der Waals surface area contributed by atoms with Crippen molar-refractivity contribution in [2.24, 2.45) is 7.05 Å². The number of carbonyl (C=O) groups is 1. The summed E-state index contributed by atoms with van der Waals surface area (Å²) >= 11 is 0. The SMILES string of the molecule is CCOC(=O)c1cc(B2OC(C)(C)C(C)(C)O2)c(C)n1C. The van der Waals surface area contributed by atoms with Crippen LogP contribution in [0, 0.1) is 6.92 Å². The molecule has 1 fully saturated rings. The summed E-state index contributed by atoms with van der Waals surface area (Å²) in [6.07, 6.45) is 0. The number of rotatable bonds is 3. The predicted molar refractivity (Wildman–Crippen MR) is 81.8 cm³/mol. The van der Waals surface area contributed by atoms with E-state index in [1.807, 2.05) is 46.2 Å². The van der Waals surface area contributed by atoms with E-state index in [1.165, 1.54) is 0 Å². The minimum atomic E-state index is -0.468. The van der Waals surface area contributed by atoms with Gasteiger partial charge in [0.15, 0.2) is 0 Å². The van der Waals surface area contributed by atoms with Gasteiger partial charge in [-0.3, -0.25) is 0 Å². The summed E-state index contributed by atoms with van der Waals surface area (Å²) in [6.45, 7) is 12.1. The Bertz CT molecular complexity index is 546. The zero-order valence-electron chi connectivity index (χ0n) is 13.9. The van der Waals surface area contributed by atoms with Gasteiger partial charge in [-0.15, -0.1) is 0 Å². The molecule has 0 unspecified atom stereocenters. The molecule has 0 atom stereocenters. The van der Waals surface area contributed by atoms with Crippen LogP contribution in [-0.2, 0) is 21.1 Å². The minimum Gasteiger partial charge on any atom is -0.461 e. The van der Waals surface area contributed by atoms with Gasteiger partial charge in [0.05, 0.1) is 17.8 Å². The fraction of sp³-hybridized carbons (Fsp3) is 0.667. The fourth-order valence-corrected chi connectivity index (χ4v) is 2.33. The van der Waals surface area contributed by atoms with Gasteiger partial charge in [-0.1, -0.05) is 0 Å². The van der Waals surface area contributed by atoms with Gasteiger partial charge < -0.3 is 18.6 Å². The third-order valence-electron chi connectivity index (χ3n) is 4.57. The van der Waals surface area contributed by atoms with Crippen LogP contribution in [0.3, 0.4) is 0 Å². The molecule has 0 saturated carbocycles. The van der Waals surface area contributed by atoms with Crippen molar-refractivity contribution in [1.29, 1.82) is 0 Å². The van der Waals surface area contributed by atoms with Crippen molar-refractivity contribution in [1.82, 2.24) is 4.57 Å². The Morgan fingerprint density at radius 2 is 1.81 bits per heavy atom. The number of carbonyl (C=O) groups excluding carboxylic acids is 1. The lowest BCUT2D eigenvalue weighted by Gasteiger charge is -2.32. The molecule has 0 bridgehead atoms. The second-order valence-electron chi connectivity index (χ2n) is 6.44. The van der Waals surface area contributed by atoms with E-state index in [-0.39, 0.29) is 5.97 Å². The molecule has 6 heteroatoms. The molecule has 5 nitrogen and oxygen atoms in total. The Balaban J connectivity index is 2.35. The van der Waals surface area contributed by atoms with Gasteiger partial charge in [0.25, 0.3) is 0 Å². The van der Waals surface area contributed by atoms with Crippen molar-refractivity contribution in [2.45, 2.75) is 52.7 Å². The summed E-state index contributed by atoms with van der Waals surface area (Å²) in [7, 11) is 1.38. The highest BCUT2D eigenvalue weighted by atomic mass is 16.7. The summed E-state index contributed by atoms with van der Waals surface area (Å²) in [4.78, 5) is 12.0. The summed E-state index contributed by atoms with van der Waals surface area (Å²) in [6, 6.07) is 1.80. The molecule has 0 N–H and O–H groups in total. The third-order valence-corrected chi connectivity index (χ3v) is 4.57. The minimum absolute atomic E-state index is 0.328. The van der Waals surface area contributed by atoms with Crippen LogP contribution in [0.15, 0.2) is 6.07 Å². The van der Waals surface area contributed by atoms with Crippen LogP contribution in [0.5, 0.6) is 0 Å². The summed E-state index contributed by atoms with van der Waals surface area (Å²) in [5.41, 5.74) is 1.53. The topological polar surface area (TPSA) is 49.7 Å². The van der Waals surface area contributed by atoms with Crippen LogP contribution in [0.1, 0.15) is 50.8 Å². The van der Waals surface area contributed by atoms with E-state index in [4.69, 9.17) is 14.0 Å². The Labute approximate surface area is 126 Å². The first-order chi connectivity index (χ1) is 9.60. The van der Waals surface area contributed by atoms with Gasteiger partial charge in [0, 0.05) is 18.2 Å². The van der Waals surface area contributed by atoms with Crippen molar-refractivity contribution < 1.29 is 18.8 Å². The van der Waals surface area contributed by atoms with Crippen molar-refractivity contribution in [3.8, 4) is 0 Å². The van der Waals surface area contributed by atoms with Gasteiger partial charge >= 0.3 is 13.1 Å². The number of aromatic nitrogens is 1. The van der Waals surface area contributed by atoms with E-state index >= 15 is 0 Å². The highest BCUT2D eigenvalue weighted by Gasteiger charge is 2.52. The first-order valence-corrected chi connectivity index (χ1v) is 7.29. The van der Waals surface area contributed by atoms with Crippen molar-refractivity contribution in [3.63, 3.8) is 0 Å². The first kappa shape index (κ1) is 16.1. The molecular formula is C15H24BNO4. The van der Waals surface area contributed by atoms with Gasteiger partial charge in [-0.25, -0.2) is 4.79 Å². The number of hydrogen-bond donors (Lipinski definition) is 0. The Hall–Kier alpha value is -1.27.